The summed E-state index contributed by atoms with van der Waals surface area (Å²) in [5, 5.41) is 4.08. The monoisotopic (exact) mass is 322 g/mol. The first-order chi connectivity index (χ1) is 11.8. The van der Waals surface area contributed by atoms with Gasteiger partial charge in [-0.3, -0.25) is 4.79 Å². The molecule has 0 radical (unpaired) electrons. The summed E-state index contributed by atoms with van der Waals surface area (Å²) in [6.45, 7) is 1.39. The molecule has 24 heavy (non-hydrogen) atoms. The summed E-state index contributed by atoms with van der Waals surface area (Å²) in [7, 11) is 0. The second-order valence-corrected chi connectivity index (χ2v) is 6.12. The van der Waals surface area contributed by atoms with Crippen LogP contribution in [0.5, 0.6) is 0 Å². The number of nitrogens with one attached hydrogen (secondary N) is 3. The Balaban J connectivity index is 1.46. The quantitative estimate of drug-likeness (QED) is 0.775. The van der Waals surface area contributed by atoms with Crippen molar-refractivity contribution in [1.82, 2.24) is 10.3 Å². The Bertz CT molecular complexity index is 848. The summed E-state index contributed by atoms with van der Waals surface area (Å²) in [4.78, 5) is 18.6. The largest absolute Gasteiger partial charge is 0.376 e. The van der Waals surface area contributed by atoms with Crippen LogP contribution in [0, 0.1) is 0 Å². The first-order valence-corrected chi connectivity index (χ1v) is 8.29. The van der Waals surface area contributed by atoms with Crippen LogP contribution in [0.1, 0.15) is 23.2 Å². The maximum absolute atomic E-state index is 12.2. The van der Waals surface area contributed by atoms with E-state index in [2.05, 4.69) is 21.4 Å². The van der Waals surface area contributed by atoms with Crippen LogP contribution in [0.2, 0.25) is 0 Å². The van der Waals surface area contributed by atoms with E-state index in [1.165, 1.54) is 0 Å². The van der Waals surface area contributed by atoms with Crippen molar-refractivity contribution in [1.29, 1.82) is 0 Å². The van der Waals surface area contributed by atoms with Gasteiger partial charge in [-0.2, -0.15) is 0 Å². The molecule has 3 heterocycles. The van der Waals surface area contributed by atoms with Crippen molar-refractivity contribution in [3.05, 3.63) is 54.4 Å². The maximum atomic E-state index is 12.2. The molecule has 0 saturated carbocycles. The van der Waals surface area contributed by atoms with Crippen molar-refractivity contribution in [3.63, 3.8) is 0 Å². The van der Waals surface area contributed by atoms with E-state index in [1.807, 2.05) is 42.7 Å². The number of rotatable bonds is 4. The van der Waals surface area contributed by atoms with Gasteiger partial charge in [-0.15, -0.1) is 0 Å². The Labute approximate surface area is 140 Å². The SMILES string of the molecule is O=C(NC[C@H]1CCCO1)c1ccc(-c2c[nH+]c3[nH]ccc3c2)cc1. The number of H-pyrrole nitrogens is 2. The summed E-state index contributed by atoms with van der Waals surface area (Å²) >= 11 is 0. The average Bonchev–Trinajstić information content (AvgIpc) is 3.30. The molecule has 1 saturated heterocycles. The molecule has 3 N–H and O–H groups in total. The van der Waals surface area contributed by atoms with Crippen molar-refractivity contribution < 1.29 is 14.5 Å². The molecule has 0 unspecified atom stereocenters. The first kappa shape index (κ1) is 14.9. The fourth-order valence-electron chi connectivity index (χ4n) is 3.08. The minimum atomic E-state index is -0.0512. The highest BCUT2D eigenvalue weighted by molar-refractivity contribution is 5.94. The molecule has 5 nitrogen and oxygen atoms in total. The molecule has 4 rings (SSSR count). The topological polar surface area (TPSA) is 68.3 Å². The van der Waals surface area contributed by atoms with Gasteiger partial charge in [0, 0.05) is 24.3 Å². The average molecular weight is 322 g/mol. The van der Waals surface area contributed by atoms with Crippen molar-refractivity contribution in [3.8, 4) is 11.1 Å². The molecular formula is C19H20N3O2+. The third-order valence-corrected chi connectivity index (χ3v) is 4.46. The molecule has 5 heteroatoms. The van der Waals surface area contributed by atoms with Crippen molar-refractivity contribution >= 4 is 16.9 Å². The first-order valence-electron chi connectivity index (χ1n) is 8.29. The number of hydrogen-bond acceptors (Lipinski definition) is 2. The van der Waals surface area contributed by atoms with Crippen molar-refractivity contribution in [2.45, 2.75) is 18.9 Å². The molecule has 122 valence electrons. The van der Waals surface area contributed by atoms with Gasteiger partial charge in [0.1, 0.15) is 0 Å². The summed E-state index contributed by atoms with van der Waals surface area (Å²) in [6, 6.07) is 11.8. The van der Waals surface area contributed by atoms with Gasteiger partial charge in [-0.25, -0.2) is 9.97 Å². The number of carbonyl (C=O) groups excluding carboxylic acids is 1. The lowest BCUT2D eigenvalue weighted by Gasteiger charge is -2.11. The number of aromatic amines is 2. The van der Waals surface area contributed by atoms with Gasteiger partial charge in [0.05, 0.1) is 23.9 Å². The van der Waals surface area contributed by atoms with E-state index in [0.29, 0.717) is 12.1 Å². The number of ether oxygens (including phenoxy) is 1. The van der Waals surface area contributed by atoms with Crippen LogP contribution >= 0.6 is 0 Å². The van der Waals surface area contributed by atoms with E-state index in [1.54, 1.807) is 0 Å². The number of fused-ring (bicyclic) bond motifs is 1. The second kappa shape index (κ2) is 6.45. The Morgan fingerprint density at radius 3 is 2.92 bits per heavy atom. The number of hydrogen-bond donors (Lipinski definition) is 2. The predicted octanol–water partition coefficient (Wildman–Crippen LogP) is 2.56. The molecule has 3 aromatic rings. The zero-order valence-electron chi connectivity index (χ0n) is 13.3. The molecule has 0 aliphatic carbocycles. The Kier molecular flexibility index (Phi) is 4.01. The van der Waals surface area contributed by atoms with Crippen LogP contribution in [0.15, 0.2) is 48.8 Å². The normalized spacial score (nSPS) is 17.2. The van der Waals surface area contributed by atoms with Gasteiger partial charge in [0.15, 0.2) is 0 Å². The van der Waals surface area contributed by atoms with E-state index in [-0.39, 0.29) is 12.0 Å². The zero-order valence-corrected chi connectivity index (χ0v) is 13.3. The lowest BCUT2D eigenvalue weighted by atomic mass is 10.0. The zero-order chi connectivity index (χ0) is 16.4. The van der Waals surface area contributed by atoms with Crippen LogP contribution in [0.4, 0.5) is 0 Å². The van der Waals surface area contributed by atoms with Gasteiger partial charge >= 0.3 is 0 Å². The van der Waals surface area contributed by atoms with E-state index < -0.39 is 0 Å². The Morgan fingerprint density at radius 1 is 1.25 bits per heavy atom. The van der Waals surface area contributed by atoms with E-state index in [4.69, 9.17) is 4.74 Å². The Morgan fingerprint density at radius 2 is 2.12 bits per heavy atom. The lowest BCUT2D eigenvalue weighted by Crippen LogP contribution is -2.31. The molecule has 1 aromatic carbocycles. The van der Waals surface area contributed by atoms with E-state index in [0.717, 1.165) is 41.6 Å². The van der Waals surface area contributed by atoms with E-state index >= 15 is 0 Å². The van der Waals surface area contributed by atoms with Crippen molar-refractivity contribution in [2.75, 3.05) is 13.2 Å². The summed E-state index contributed by atoms with van der Waals surface area (Å²) in [5.41, 5.74) is 3.84. The molecule has 1 fully saturated rings. The maximum Gasteiger partial charge on any atom is 0.284 e. The second-order valence-electron chi connectivity index (χ2n) is 6.12. The van der Waals surface area contributed by atoms with Crippen LogP contribution in [-0.4, -0.2) is 30.1 Å². The number of pyridine rings is 1. The number of carbonyl (C=O) groups is 1. The highest BCUT2D eigenvalue weighted by atomic mass is 16.5. The summed E-state index contributed by atoms with van der Waals surface area (Å²) in [6.07, 6.45) is 6.14. The van der Waals surface area contributed by atoms with Crippen LogP contribution in [0.25, 0.3) is 22.2 Å². The molecule has 0 bridgehead atoms. The third kappa shape index (κ3) is 3.03. The van der Waals surface area contributed by atoms with Crippen molar-refractivity contribution in [2.24, 2.45) is 0 Å². The predicted molar refractivity (Wildman–Crippen MR) is 91.6 cm³/mol. The number of amides is 1. The Hall–Kier alpha value is -2.66. The summed E-state index contributed by atoms with van der Waals surface area (Å²) < 4.78 is 5.52. The van der Waals surface area contributed by atoms with Crippen LogP contribution in [-0.2, 0) is 4.74 Å². The fraction of sp³-hybridized carbons (Fsp3) is 0.263. The fourth-order valence-corrected chi connectivity index (χ4v) is 3.08. The summed E-state index contributed by atoms with van der Waals surface area (Å²) in [5.74, 6) is -0.0512. The molecule has 1 atom stereocenters. The van der Waals surface area contributed by atoms with Gasteiger partial charge < -0.3 is 10.1 Å². The minimum Gasteiger partial charge on any atom is -0.376 e. The van der Waals surface area contributed by atoms with Gasteiger partial charge in [0.2, 0.25) is 0 Å². The smallest absolute Gasteiger partial charge is 0.284 e. The van der Waals surface area contributed by atoms with Gasteiger partial charge in [0.25, 0.3) is 11.6 Å². The lowest BCUT2D eigenvalue weighted by molar-refractivity contribution is -0.346. The molecular weight excluding hydrogens is 302 g/mol. The van der Waals surface area contributed by atoms with Crippen LogP contribution in [0.3, 0.4) is 0 Å². The molecule has 2 aromatic heterocycles. The number of benzene rings is 1. The highest BCUT2D eigenvalue weighted by Gasteiger charge is 2.16. The number of aromatic nitrogens is 2. The standard InChI is InChI=1S/C19H19N3O2/c23-19(22-12-17-2-1-9-24-17)14-5-3-13(4-6-14)16-10-15-7-8-20-18(15)21-11-16/h3-8,10-11,17H,1-2,9,12H2,(H,20,21)(H,22,23)/p+1/t17-/m1/s1. The van der Waals surface area contributed by atoms with E-state index in [9.17, 15) is 4.79 Å². The molecule has 1 aliphatic rings. The third-order valence-electron chi connectivity index (χ3n) is 4.46. The highest BCUT2D eigenvalue weighted by Crippen LogP contribution is 2.21. The minimum absolute atomic E-state index is 0.0512. The molecule has 0 spiro atoms. The molecule has 1 amide bonds. The van der Waals surface area contributed by atoms with Gasteiger partial charge in [-0.1, -0.05) is 12.1 Å². The molecule has 1 aliphatic heterocycles. The van der Waals surface area contributed by atoms with Crippen LogP contribution < -0.4 is 10.3 Å². The van der Waals surface area contributed by atoms with Gasteiger partial charge in [-0.05, 0) is 42.7 Å².